The van der Waals surface area contributed by atoms with Gasteiger partial charge in [0.15, 0.2) is 5.71 Å². The number of rotatable bonds is 3. The van der Waals surface area contributed by atoms with Gasteiger partial charge >= 0.3 is 5.97 Å². The van der Waals surface area contributed by atoms with Crippen molar-refractivity contribution in [3.63, 3.8) is 0 Å². The summed E-state index contributed by atoms with van der Waals surface area (Å²) in [6.45, 7) is 1.58. The van der Waals surface area contributed by atoms with E-state index in [1.807, 2.05) is 0 Å². The Morgan fingerprint density at radius 3 is 2.57 bits per heavy atom. The number of aliphatic carboxylic acids is 1. The third kappa shape index (κ3) is 2.01. The van der Waals surface area contributed by atoms with E-state index in [0.717, 1.165) is 11.3 Å². The third-order valence-electron chi connectivity index (χ3n) is 3.64. The zero-order valence-corrected chi connectivity index (χ0v) is 11.9. The van der Waals surface area contributed by atoms with Crippen molar-refractivity contribution < 1.29 is 27.4 Å². The first-order chi connectivity index (χ1) is 9.80. The summed E-state index contributed by atoms with van der Waals surface area (Å²) in [7, 11) is -4.34. The standard InChI is InChI=1S/C14H11NO5S/c1-8-9-3-2-4-10-12(21(18,19)20)6-5-11(14(9)10)15(8)7-13(16)17/h2-6H,7H2,1H3,(H-,16,17,18,19,20)/p+1. The van der Waals surface area contributed by atoms with Crippen LogP contribution in [-0.4, -0.2) is 40.9 Å². The van der Waals surface area contributed by atoms with Crippen molar-refractivity contribution >= 4 is 38.3 Å². The summed E-state index contributed by atoms with van der Waals surface area (Å²) in [6.07, 6.45) is 0. The Kier molecular flexibility index (Phi) is 2.86. The minimum Gasteiger partial charge on any atom is -0.477 e. The summed E-state index contributed by atoms with van der Waals surface area (Å²) in [6, 6.07) is 7.91. The highest BCUT2D eigenvalue weighted by atomic mass is 32.2. The first kappa shape index (κ1) is 13.7. The Labute approximate surface area is 120 Å². The molecule has 0 aliphatic carbocycles. The fraction of sp³-hybridized carbons (Fsp3) is 0.143. The van der Waals surface area contributed by atoms with E-state index in [1.54, 1.807) is 29.7 Å². The van der Waals surface area contributed by atoms with Crippen LogP contribution in [0.5, 0.6) is 0 Å². The van der Waals surface area contributed by atoms with Crippen LogP contribution in [0.3, 0.4) is 0 Å². The van der Waals surface area contributed by atoms with Gasteiger partial charge < -0.3 is 5.11 Å². The van der Waals surface area contributed by atoms with Gasteiger partial charge in [-0.25, -0.2) is 4.79 Å². The predicted molar refractivity (Wildman–Crippen MR) is 76.0 cm³/mol. The molecule has 108 valence electrons. The normalized spacial score (nSPS) is 14.0. The van der Waals surface area contributed by atoms with Crippen LogP contribution in [0.25, 0.3) is 10.8 Å². The number of carbonyl (C=O) groups is 1. The quantitative estimate of drug-likeness (QED) is 0.664. The molecule has 7 heteroatoms. The molecule has 0 fully saturated rings. The second kappa shape index (κ2) is 4.37. The van der Waals surface area contributed by atoms with Gasteiger partial charge in [-0.15, -0.1) is 0 Å². The lowest BCUT2D eigenvalue weighted by Gasteiger charge is -2.04. The molecule has 3 rings (SSSR count). The van der Waals surface area contributed by atoms with Crippen LogP contribution in [0.15, 0.2) is 35.2 Å². The molecular weight excluding hydrogens is 294 g/mol. The molecule has 2 aromatic carbocycles. The smallest absolute Gasteiger partial charge is 0.370 e. The average Bonchev–Trinajstić information content (AvgIpc) is 2.65. The van der Waals surface area contributed by atoms with Gasteiger partial charge in [0.25, 0.3) is 10.1 Å². The van der Waals surface area contributed by atoms with Crippen LogP contribution < -0.4 is 0 Å². The second-order valence-electron chi connectivity index (χ2n) is 4.85. The molecule has 2 N–H and O–H groups in total. The molecule has 0 radical (unpaired) electrons. The van der Waals surface area contributed by atoms with Crippen LogP contribution in [-0.2, 0) is 14.9 Å². The van der Waals surface area contributed by atoms with Crippen LogP contribution in [0.2, 0.25) is 0 Å². The molecule has 6 nitrogen and oxygen atoms in total. The zero-order valence-electron chi connectivity index (χ0n) is 11.1. The van der Waals surface area contributed by atoms with Crippen LogP contribution in [0, 0.1) is 0 Å². The van der Waals surface area contributed by atoms with Gasteiger partial charge in [-0.3, -0.25) is 4.55 Å². The van der Waals surface area contributed by atoms with Gasteiger partial charge in [0, 0.05) is 18.4 Å². The highest BCUT2D eigenvalue weighted by Crippen LogP contribution is 2.38. The maximum absolute atomic E-state index is 11.5. The molecule has 0 amide bonds. The van der Waals surface area contributed by atoms with Gasteiger partial charge in [-0.2, -0.15) is 13.0 Å². The topological polar surface area (TPSA) is 94.7 Å². The van der Waals surface area contributed by atoms with Crippen molar-refractivity contribution in [3.05, 3.63) is 35.9 Å². The number of hydrogen-bond acceptors (Lipinski definition) is 3. The van der Waals surface area contributed by atoms with Crippen LogP contribution in [0.1, 0.15) is 12.5 Å². The summed E-state index contributed by atoms with van der Waals surface area (Å²) < 4.78 is 33.9. The van der Waals surface area contributed by atoms with Crippen molar-refractivity contribution in [1.29, 1.82) is 0 Å². The zero-order chi connectivity index (χ0) is 15.4. The van der Waals surface area contributed by atoms with Crippen molar-refractivity contribution in [2.75, 3.05) is 6.54 Å². The molecule has 0 saturated carbocycles. The molecule has 1 aliphatic heterocycles. The Bertz CT molecular complexity index is 928. The summed E-state index contributed by atoms with van der Waals surface area (Å²) in [5.41, 5.74) is 2.15. The minimum atomic E-state index is -4.34. The first-order valence-corrected chi connectivity index (χ1v) is 7.61. The van der Waals surface area contributed by atoms with Crippen molar-refractivity contribution in [1.82, 2.24) is 0 Å². The molecule has 0 unspecified atom stereocenters. The molecule has 0 saturated heterocycles. The number of nitrogens with zero attached hydrogens (tertiary/aromatic N) is 1. The molecule has 0 aromatic heterocycles. The summed E-state index contributed by atoms with van der Waals surface area (Å²) in [5, 5.41) is 10.1. The third-order valence-corrected chi connectivity index (χ3v) is 4.55. The van der Waals surface area contributed by atoms with E-state index in [4.69, 9.17) is 5.11 Å². The maximum Gasteiger partial charge on any atom is 0.370 e. The van der Waals surface area contributed by atoms with E-state index < -0.39 is 16.1 Å². The van der Waals surface area contributed by atoms with Crippen LogP contribution in [0.4, 0.5) is 5.69 Å². The van der Waals surface area contributed by atoms with Crippen molar-refractivity contribution in [3.8, 4) is 0 Å². The highest BCUT2D eigenvalue weighted by molar-refractivity contribution is 7.86. The van der Waals surface area contributed by atoms with E-state index in [2.05, 4.69) is 0 Å². The Morgan fingerprint density at radius 1 is 1.24 bits per heavy atom. The molecular formula is C14H12NO5S+. The second-order valence-corrected chi connectivity index (χ2v) is 6.24. The largest absolute Gasteiger partial charge is 0.477 e. The van der Waals surface area contributed by atoms with E-state index in [1.165, 1.54) is 12.1 Å². The van der Waals surface area contributed by atoms with Crippen molar-refractivity contribution in [2.45, 2.75) is 11.8 Å². The average molecular weight is 306 g/mol. The van der Waals surface area contributed by atoms with E-state index >= 15 is 0 Å². The number of carboxylic acids is 1. The molecule has 0 atom stereocenters. The molecule has 21 heavy (non-hydrogen) atoms. The van der Waals surface area contributed by atoms with Gasteiger partial charge in [0.2, 0.25) is 12.2 Å². The van der Waals surface area contributed by atoms with Gasteiger partial charge in [-0.05, 0) is 12.1 Å². The number of carboxylic acid groups (broad SMARTS) is 1. The number of benzene rings is 2. The molecule has 1 heterocycles. The van der Waals surface area contributed by atoms with E-state index in [-0.39, 0.29) is 11.4 Å². The van der Waals surface area contributed by atoms with Gasteiger partial charge in [0.1, 0.15) is 4.90 Å². The van der Waals surface area contributed by atoms with Crippen LogP contribution >= 0.6 is 0 Å². The monoisotopic (exact) mass is 306 g/mol. The summed E-state index contributed by atoms with van der Waals surface area (Å²) in [4.78, 5) is 10.8. The minimum absolute atomic E-state index is 0.173. The number of hydrogen-bond donors (Lipinski definition) is 2. The van der Waals surface area contributed by atoms with Crippen molar-refractivity contribution in [2.24, 2.45) is 0 Å². The lowest BCUT2D eigenvalue weighted by Crippen LogP contribution is -2.19. The van der Waals surface area contributed by atoms with Gasteiger partial charge in [0.05, 0.1) is 10.9 Å². The fourth-order valence-electron chi connectivity index (χ4n) is 2.78. The maximum atomic E-state index is 11.5. The lowest BCUT2D eigenvalue weighted by atomic mass is 10.0. The Balaban J connectivity index is 2.39. The van der Waals surface area contributed by atoms with E-state index in [0.29, 0.717) is 16.5 Å². The predicted octanol–water partition coefficient (Wildman–Crippen LogP) is 1.64. The van der Waals surface area contributed by atoms with E-state index in [9.17, 15) is 17.8 Å². The Morgan fingerprint density at radius 2 is 1.95 bits per heavy atom. The highest BCUT2D eigenvalue weighted by Gasteiger charge is 2.32. The summed E-state index contributed by atoms with van der Waals surface area (Å²) in [5.74, 6) is -0.978. The molecule has 1 aliphatic rings. The first-order valence-electron chi connectivity index (χ1n) is 6.17. The van der Waals surface area contributed by atoms with Gasteiger partial charge in [-0.1, -0.05) is 12.1 Å². The molecule has 0 bridgehead atoms. The summed E-state index contributed by atoms with van der Waals surface area (Å²) >= 11 is 0. The Hall–Kier alpha value is -2.25. The lowest BCUT2D eigenvalue weighted by molar-refractivity contribution is -0.427. The molecule has 0 spiro atoms. The SMILES string of the molecule is CC1=[N+](CC(=O)O)c2ccc(S(=O)(=O)O)c3cccc1c23. The fourth-order valence-corrected chi connectivity index (χ4v) is 3.47. The molecule has 2 aromatic rings.